The summed E-state index contributed by atoms with van der Waals surface area (Å²) in [6.07, 6.45) is -6.44. The van der Waals surface area contributed by atoms with Crippen LogP contribution < -0.4 is 20.9 Å². The summed E-state index contributed by atoms with van der Waals surface area (Å²) >= 11 is 6.81. The molecule has 1 aromatic carbocycles. The summed E-state index contributed by atoms with van der Waals surface area (Å²) in [5.41, 5.74) is -1.82. The van der Waals surface area contributed by atoms with Gasteiger partial charge in [-0.2, -0.15) is 13.2 Å². The second-order valence-corrected chi connectivity index (χ2v) is 9.99. The van der Waals surface area contributed by atoms with Crippen LogP contribution in [0.15, 0.2) is 30.3 Å². The molecule has 38 heavy (non-hydrogen) atoms. The highest BCUT2D eigenvalue weighted by Gasteiger charge is 2.36. The van der Waals surface area contributed by atoms with Crippen molar-refractivity contribution in [3.05, 3.63) is 45.1 Å². The predicted molar refractivity (Wildman–Crippen MR) is 133 cm³/mol. The number of morpholine rings is 1. The number of hydrogen-bond acceptors (Lipinski definition) is 7. The largest absolute Gasteiger partial charge is 0.447 e. The molecule has 0 saturated carbocycles. The summed E-state index contributed by atoms with van der Waals surface area (Å²) in [5, 5.41) is 6.85. The molecule has 0 aliphatic carbocycles. The lowest BCUT2D eigenvalue weighted by atomic mass is 10.1. The van der Waals surface area contributed by atoms with Crippen molar-refractivity contribution in [1.29, 1.82) is 0 Å². The SMILES string of the molecule is CC(C)OC(=O)N[C@H](CNC(=O)c1ccc(Cl)s1)C(=O)Nc1ccc(N2CCOCC2=O)cc1C(F)(F)F. The van der Waals surface area contributed by atoms with Crippen LogP contribution in [0.1, 0.15) is 29.1 Å². The lowest BCUT2D eigenvalue weighted by Crippen LogP contribution is -2.51. The number of anilines is 2. The molecule has 2 heterocycles. The summed E-state index contributed by atoms with van der Waals surface area (Å²) in [7, 11) is 0. The average molecular weight is 577 g/mol. The molecule has 1 saturated heterocycles. The molecular weight excluding hydrogens is 553 g/mol. The van der Waals surface area contributed by atoms with Crippen molar-refractivity contribution in [3.8, 4) is 0 Å². The van der Waals surface area contributed by atoms with E-state index in [9.17, 15) is 32.3 Å². The molecule has 1 aliphatic rings. The van der Waals surface area contributed by atoms with Gasteiger partial charge in [0.25, 0.3) is 11.8 Å². The second kappa shape index (κ2) is 12.5. The molecule has 0 bridgehead atoms. The molecule has 15 heteroatoms. The quantitative estimate of drug-likeness (QED) is 0.440. The number of hydrogen-bond donors (Lipinski definition) is 3. The number of nitrogens with zero attached hydrogens (tertiary/aromatic N) is 1. The average Bonchev–Trinajstić information content (AvgIpc) is 3.27. The van der Waals surface area contributed by atoms with Gasteiger partial charge in [-0.15, -0.1) is 11.3 Å². The number of benzene rings is 1. The Bertz CT molecular complexity index is 1210. The zero-order valence-corrected chi connectivity index (χ0v) is 21.8. The number of halogens is 4. The first-order valence-corrected chi connectivity index (χ1v) is 12.5. The lowest BCUT2D eigenvalue weighted by molar-refractivity contribution is -0.137. The van der Waals surface area contributed by atoms with Crippen LogP contribution in [0.4, 0.5) is 29.3 Å². The maximum Gasteiger partial charge on any atom is 0.418 e. The van der Waals surface area contributed by atoms with E-state index in [1.54, 1.807) is 13.8 Å². The summed E-state index contributed by atoms with van der Waals surface area (Å²) in [6, 6.07) is 4.46. The van der Waals surface area contributed by atoms with Gasteiger partial charge in [-0.3, -0.25) is 14.4 Å². The number of nitrogens with one attached hydrogen (secondary N) is 3. The number of thiophene rings is 1. The Morgan fingerprint density at radius 1 is 1.21 bits per heavy atom. The molecule has 0 unspecified atom stereocenters. The van der Waals surface area contributed by atoms with Crippen LogP contribution in [0.5, 0.6) is 0 Å². The maximum atomic E-state index is 13.9. The number of ether oxygens (including phenoxy) is 2. The van der Waals surface area contributed by atoms with Gasteiger partial charge in [0, 0.05) is 18.8 Å². The molecule has 1 aliphatic heterocycles. The third-order valence-corrected chi connectivity index (χ3v) is 6.31. The third kappa shape index (κ3) is 7.82. The van der Waals surface area contributed by atoms with Gasteiger partial charge in [0.1, 0.15) is 12.6 Å². The fraction of sp³-hybridized carbons (Fsp3) is 0.391. The molecule has 3 rings (SSSR count). The van der Waals surface area contributed by atoms with E-state index in [0.717, 1.165) is 28.4 Å². The van der Waals surface area contributed by atoms with Crippen molar-refractivity contribution < 1.29 is 41.8 Å². The van der Waals surface area contributed by atoms with Crippen LogP contribution in [0.2, 0.25) is 4.34 Å². The van der Waals surface area contributed by atoms with Gasteiger partial charge in [-0.25, -0.2) is 4.79 Å². The van der Waals surface area contributed by atoms with Gasteiger partial charge in [0.05, 0.1) is 33.2 Å². The highest BCUT2D eigenvalue weighted by atomic mass is 35.5. The van der Waals surface area contributed by atoms with Crippen LogP contribution >= 0.6 is 22.9 Å². The van der Waals surface area contributed by atoms with Crippen LogP contribution in [0.25, 0.3) is 0 Å². The summed E-state index contributed by atoms with van der Waals surface area (Å²) in [4.78, 5) is 51.0. The van der Waals surface area contributed by atoms with Crippen molar-refractivity contribution in [3.63, 3.8) is 0 Å². The number of amides is 4. The monoisotopic (exact) mass is 576 g/mol. The minimum absolute atomic E-state index is 0.0133. The molecule has 4 amide bonds. The molecule has 0 spiro atoms. The van der Waals surface area contributed by atoms with Gasteiger partial charge < -0.3 is 30.3 Å². The van der Waals surface area contributed by atoms with E-state index in [2.05, 4.69) is 16.0 Å². The Kier molecular flexibility index (Phi) is 9.57. The van der Waals surface area contributed by atoms with Crippen molar-refractivity contribution in [2.24, 2.45) is 0 Å². The molecular formula is C23H24ClF3N4O6S. The van der Waals surface area contributed by atoms with Gasteiger partial charge in [0.2, 0.25) is 5.91 Å². The Balaban J connectivity index is 1.82. The summed E-state index contributed by atoms with van der Waals surface area (Å²) in [5.74, 6) is -2.15. The Labute approximate surface area is 224 Å². The van der Waals surface area contributed by atoms with E-state index in [1.807, 2.05) is 0 Å². The Hall–Kier alpha value is -3.36. The summed E-state index contributed by atoms with van der Waals surface area (Å²) in [6.45, 7) is 2.63. The first kappa shape index (κ1) is 29.2. The Morgan fingerprint density at radius 2 is 1.95 bits per heavy atom. The first-order valence-electron chi connectivity index (χ1n) is 11.3. The zero-order valence-electron chi connectivity index (χ0n) is 20.2. The minimum Gasteiger partial charge on any atom is -0.447 e. The van der Waals surface area contributed by atoms with Crippen LogP contribution in [0.3, 0.4) is 0 Å². The van der Waals surface area contributed by atoms with Crippen molar-refractivity contribution in [2.75, 3.05) is 36.5 Å². The maximum absolute atomic E-state index is 13.9. The van der Waals surface area contributed by atoms with Gasteiger partial charge in [-0.05, 0) is 44.2 Å². The first-order chi connectivity index (χ1) is 17.8. The number of carbonyl (C=O) groups excluding carboxylic acids is 4. The van der Waals surface area contributed by atoms with Crippen LogP contribution in [-0.4, -0.2) is 62.3 Å². The number of rotatable bonds is 8. The molecule has 0 radical (unpaired) electrons. The molecule has 3 N–H and O–H groups in total. The molecule has 206 valence electrons. The van der Waals surface area contributed by atoms with Crippen LogP contribution in [-0.2, 0) is 25.2 Å². The number of alkyl carbamates (subject to hydrolysis) is 1. The van der Waals surface area contributed by atoms with E-state index in [-0.39, 0.29) is 30.3 Å². The standard InChI is InChI=1S/C23H24ClF3N4O6S/c1-12(2)37-22(35)30-16(10-28-21(34)17-5-6-18(24)38-17)20(33)29-15-4-3-13(9-14(15)23(25,26)27)31-7-8-36-11-19(31)32/h3-6,9,12,16H,7-8,10-11H2,1-2H3,(H,28,34)(H,29,33)(H,30,35)/t16-/m1/s1. The smallest absolute Gasteiger partial charge is 0.418 e. The van der Waals surface area contributed by atoms with E-state index < -0.39 is 59.9 Å². The van der Waals surface area contributed by atoms with Gasteiger partial charge in [0.15, 0.2) is 0 Å². The van der Waals surface area contributed by atoms with Gasteiger partial charge in [-0.1, -0.05) is 11.6 Å². The molecule has 1 fully saturated rings. The second-order valence-electron chi connectivity index (χ2n) is 8.28. The lowest BCUT2D eigenvalue weighted by Gasteiger charge is -2.28. The highest BCUT2D eigenvalue weighted by Crippen LogP contribution is 2.37. The number of carbonyl (C=O) groups is 4. The fourth-order valence-electron chi connectivity index (χ4n) is 3.37. The zero-order chi connectivity index (χ0) is 28.0. The fourth-order valence-corrected chi connectivity index (χ4v) is 4.33. The van der Waals surface area contributed by atoms with E-state index in [1.165, 1.54) is 18.2 Å². The van der Waals surface area contributed by atoms with Gasteiger partial charge >= 0.3 is 12.3 Å². The molecule has 10 nitrogen and oxygen atoms in total. The number of alkyl halides is 3. The topological polar surface area (TPSA) is 126 Å². The minimum atomic E-state index is -4.89. The third-order valence-electron chi connectivity index (χ3n) is 5.08. The predicted octanol–water partition coefficient (Wildman–Crippen LogP) is 3.66. The van der Waals surface area contributed by atoms with Crippen molar-refractivity contribution in [2.45, 2.75) is 32.2 Å². The summed E-state index contributed by atoms with van der Waals surface area (Å²) < 4.78 is 52.0. The molecule has 2 aromatic rings. The van der Waals surface area contributed by atoms with Crippen molar-refractivity contribution in [1.82, 2.24) is 10.6 Å². The van der Waals surface area contributed by atoms with E-state index in [4.69, 9.17) is 21.1 Å². The molecule has 1 aromatic heterocycles. The van der Waals surface area contributed by atoms with Crippen LogP contribution in [0, 0.1) is 0 Å². The van der Waals surface area contributed by atoms with E-state index in [0.29, 0.717) is 4.34 Å². The van der Waals surface area contributed by atoms with Crippen molar-refractivity contribution >= 4 is 58.1 Å². The highest BCUT2D eigenvalue weighted by molar-refractivity contribution is 7.18. The molecule has 1 atom stereocenters. The normalized spacial score (nSPS) is 14.7. The Morgan fingerprint density at radius 3 is 2.55 bits per heavy atom. The van der Waals surface area contributed by atoms with E-state index >= 15 is 0 Å².